The molecule has 2 rings (SSSR count). The molecule has 1 aromatic carbocycles. The lowest BCUT2D eigenvalue weighted by Crippen LogP contribution is -2.30. The van der Waals surface area contributed by atoms with Crippen molar-refractivity contribution in [2.24, 2.45) is 0 Å². The molecule has 0 radical (unpaired) electrons. The van der Waals surface area contributed by atoms with Crippen LogP contribution in [-0.4, -0.2) is 29.3 Å². The Morgan fingerprint density at radius 3 is 2.86 bits per heavy atom. The highest BCUT2D eigenvalue weighted by Crippen LogP contribution is 2.28. The van der Waals surface area contributed by atoms with Crippen molar-refractivity contribution in [3.8, 4) is 5.75 Å². The summed E-state index contributed by atoms with van der Waals surface area (Å²) in [7, 11) is 1.56. The van der Waals surface area contributed by atoms with Gasteiger partial charge in [0.2, 0.25) is 5.13 Å². The molecule has 6 nitrogen and oxygen atoms in total. The Balaban J connectivity index is 1.96. The summed E-state index contributed by atoms with van der Waals surface area (Å²) in [6.45, 7) is 1.96. The van der Waals surface area contributed by atoms with Crippen LogP contribution < -0.4 is 10.1 Å². The van der Waals surface area contributed by atoms with Crippen molar-refractivity contribution in [3.63, 3.8) is 0 Å². The van der Waals surface area contributed by atoms with Crippen LogP contribution in [0.1, 0.15) is 11.9 Å². The lowest BCUT2D eigenvalue weighted by atomic mass is 10.3. The molecule has 0 fully saturated rings. The molecule has 1 unspecified atom stereocenters. The van der Waals surface area contributed by atoms with Gasteiger partial charge in [-0.2, -0.15) is 0 Å². The van der Waals surface area contributed by atoms with Gasteiger partial charge in [0.1, 0.15) is 17.4 Å². The molecule has 1 amide bonds. The number of carbonyl (C=O) groups excluding carboxylic acids is 1. The smallest absolute Gasteiger partial charge is 0.266 e. The molecule has 2 aromatic rings. The second-order valence-electron chi connectivity index (χ2n) is 4.26. The van der Waals surface area contributed by atoms with Crippen molar-refractivity contribution in [2.75, 3.05) is 12.4 Å². The molecule has 0 aliphatic rings. The van der Waals surface area contributed by atoms with Crippen molar-refractivity contribution < 1.29 is 14.3 Å². The highest BCUT2D eigenvalue weighted by Gasteiger charge is 2.18. The molecule has 0 saturated heterocycles. The number of amides is 1. The molecule has 1 N–H and O–H groups in total. The second-order valence-corrected chi connectivity index (χ2v) is 6.16. The van der Waals surface area contributed by atoms with Crippen LogP contribution >= 0.6 is 34.5 Å². The Hall–Kier alpha value is -1.41. The molecule has 118 valence electrons. The van der Waals surface area contributed by atoms with Crippen LogP contribution in [0.4, 0.5) is 5.13 Å². The van der Waals surface area contributed by atoms with Crippen LogP contribution in [0.25, 0.3) is 0 Å². The molecule has 9 heteroatoms. The number of aromatic nitrogens is 2. The van der Waals surface area contributed by atoms with Gasteiger partial charge in [0.05, 0.1) is 5.02 Å². The van der Waals surface area contributed by atoms with Crippen molar-refractivity contribution in [1.29, 1.82) is 0 Å². The number of halogens is 2. The van der Waals surface area contributed by atoms with Crippen molar-refractivity contribution >= 4 is 45.6 Å². The van der Waals surface area contributed by atoms with E-state index in [0.717, 1.165) is 0 Å². The Morgan fingerprint density at radius 1 is 1.41 bits per heavy atom. The summed E-state index contributed by atoms with van der Waals surface area (Å²) < 4.78 is 10.5. The van der Waals surface area contributed by atoms with Crippen molar-refractivity contribution in [1.82, 2.24) is 10.2 Å². The first-order valence-corrected chi connectivity index (χ1v) is 7.80. The lowest BCUT2D eigenvalue weighted by molar-refractivity contribution is -0.122. The third kappa shape index (κ3) is 4.54. The number of hydrogen-bond donors (Lipinski definition) is 1. The number of ether oxygens (including phenoxy) is 2. The van der Waals surface area contributed by atoms with Gasteiger partial charge in [0.15, 0.2) is 6.10 Å². The average molecular weight is 362 g/mol. The largest absolute Gasteiger partial charge is 0.479 e. The van der Waals surface area contributed by atoms with Crippen LogP contribution in [0.3, 0.4) is 0 Å². The van der Waals surface area contributed by atoms with E-state index in [1.54, 1.807) is 32.2 Å². The summed E-state index contributed by atoms with van der Waals surface area (Å²) in [6.07, 6.45) is -0.756. The highest BCUT2D eigenvalue weighted by molar-refractivity contribution is 7.15. The predicted molar refractivity (Wildman–Crippen MR) is 85.8 cm³/mol. The van der Waals surface area contributed by atoms with Gasteiger partial charge < -0.3 is 9.47 Å². The zero-order valence-corrected chi connectivity index (χ0v) is 14.1. The molecule has 1 atom stereocenters. The minimum absolute atomic E-state index is 0.338. The first-order chi connectivity index (χ1) is 10.5. The zero-order chi connectivity index (χ0) is 16.1. The number of anilines is 1. The normalized spacial score (nSPS) is 12.0. The monoisotopic (exact) mass is 361 g/mol. The molecular formula is C13H13Cl2N3O3S. The minimum Gasteiger partial charge on any atom is -0.479 e. The van der Waals surface area contributed by atoms with E-state index in [9.17, 15) is 4.79 Å². The van der Waals surface area contributed by atoms with Gasteiger partial charge in [-0.15, -0.1) is 10.2 Å². The topological polar surface area (TPSA) is 73.3 Å². The molecule has 0 spiro atoms. The van der Waals surface area contributed by atoms with Gasteiger partial charge >= 0.3 is 0 Å². The maximum absolute atomic E-state index is 12.1. The quantitative estimate of drug-likeness (QED) is 0.853. The van der Waals surface area contributed by atoms with E-state index in [-0.39, 0.29) is 5.91 Å². The first-order valence-electron chi connectivity index (χ1n) is 6.23. The Bertz CT molecular complexity index is 666. The van der Waals surface area contributed by atoms with E-state index in [2.05, 4.69) is 15.5 Å². The zero-order valence-electron chi connectivity index (χ0n) is 11.8. The molecule has 0 saturated carbocycles. The van der Waals surface area contributed by atoms with E-state index >= 15 is 0 Å². The number of nitrogens with zero attached hydrogens (tertiary/aromatic N) is 2. The van der Waals surface area contributed by atoms with Gasteiger partial charge in [0, 0.05) is 12.1 Å². The molecule has 1 aromatic heterocycles. The van der Waals surface area contributed by atoms with Crippen molar-refractivity contribution in [2.45, 2.75) is 19.6 Å². The predicted octanol–water partition coefficient (Wildman–Crippen LogP) is 3.40. The summed E-state index contributed by atoms with van der Waals surface area (Å²) in [5.74, 6) is 0.0252. The summed E-state index contributed by atoms with van der Waals surface area (Å²) in [5, 5.41) is 12.2. The summed E-state index contributed by atoms with van der Waals surface area (Å²) in [4.78, 5) is 12.1. The number of hydrogen-bond acceptors (Lipinski definition) is 6. The first kappa shape index (κ1) is 17.0. The number of carbonyl (C=O) groups is 1. The Labute approximate surface area is 141 Å². The number of rotatable bonds is 6. The van der Waals surface area contributed by atoms with Crippen LogP contribution in [0.15, 0.2) is 18.2 Å². The SMILES string of the molecule is COCc1nnc(NC(=O)C(C)Oc2ccc(Cl)cc2Cl)s1. The fourth-order valence-electron chi connectivity index (χ4n) is 1.51. The number of benzene rings is 1. The van der Waals surface area contributed by atoms with Gasteiger partial charge in [-0.1, -0.05) is 34.5 Å². The van der Waals surface area contributed by atoms with E-state index in [0.29, 0.717) is 32.5 Å². The van der Waals surface area contributed by atoms with E-state index < -0.39 is 6.10 Å². The molecule has 22 heavy (non-hydrogen) atoms. The molecule has 0 aliphatic carbocycles. The molecule has 0 bridgehead atoms. The standard InChI is InChI=1S/C13H13Cl2N3O3S/c1-7(21-10-4-3-8(14)5-9(10)15)12(19)16-13-18-17-11(22-13)6-20-2/h3-5,7H,6H2,1-2H3,(H,16,18,19). The van der Waals surface area contributed by atoms with Gasteiger partial charge in [-0.3, -0.25) is 10.1 Å². The van der Waals surface area contributed by atoms with E-state index in [1.165, 1.54) is 11.3 Å². The second kappa shape index (κ2) is 7.73. The maximum atomic E-state index is 12.1. The molecular weight excluding hydrogens is 349 g/mol. The Kier molecular flexibility index (Phi) is 5.96. The summed E-state index contributed by atoms with van der Waals surface area (Å²) in [5.41, 5.74) is 0. The molecule has 0 aliphatic heterocycles. The molecule has 1 heterocycles. The van der Waals surface area contributed by atoms with E-state index in [1.807, 2.05) is 0 Å². The van der Waals surface area contributed by atoms with Crippen molar-refractivity contribution in [3.05, 3.63) is 33.3 Å². The number of methoxy groups -OCH3 is 1. The third-order valence-corrected chi connectivity index (χ3v) is 3.87. The van der Waals surface area contributed by atoms with Crippen LogP contribution in [0.2, 0.25) is 10.0 Å². The summed E-state index contributed by atoms with van der Waals surface area (Å²) in [6, 6.07) is 4.79. The van der Waals surface area contributed by atoms with Crippen LogP contribution in [0, 0.1) is 0 Å². The lowest BCUT2D eigenvalue weighted by Gasteiger charge is -2.14. The maximum Gasteiger partial charge on any atom is 0.266 e. The summed E-state index contributed by atoms with van der Waals surface area (Å²) >= 11 is 13.0. The van der Waals surface area contributed by atoms with Gasteiger partial charge in [-0.05, 0) is 25.1 Å². The van der Waals surface area contributed by atoms with Gasteiger partial charge in [-0.25, -0.2) is 0 Å². The number of nitrogens with one attached hydrogen (secondary N) is 1. The van der Waals surface area contributed by atoms with Crippen LogP contribution in [0.5, 0.6) is 5.75 Å². The highest BCUT2D eigenvalue weighted by atomic mass is 35.5. The minimum atomic E-state index is -0.756. The third-order valence-electron chi connectivity index (χ3n) is 2.53. The fourth-order valence-corrected chi connectivity index (χ4v) is 2.68. The van der Waals surface area contributed by atoms with E-state index in [4.69, 9.17) is 32.7 Å². The van der Waals surface area contributed by atoms with Gasteiger partial charge in [0.25, 0.3) is 5.91 Å². The Morgan fingerprint density at radius 2 is 2.18 bits per heavy atom. The fraction of sp³-hybridized carbons (Fsp3) is 0.308. The average Bonchev–Trinajstić information content (AvgIpc) is 2.89. The van der Waals surface area contributed by atoms with Crippen LogP contribution in [-0.2, 0) is 16.1 Å².